The second kappa shape index (κ2) is 10.1. The molecule has 0 aliphatic heterocycles. The molecule has 0 saturated heterocycles. The van der Waals surface area contributed by atoms with E-state index >= 15 is 0 Å². The standard InChI is InChI=1S/C24H28N4O4/c1-16-12-17(2)14-19(13-16)23(30)27(10-7-11-32-3)20-21(25)28(24(31)26-22(20)29)15-18-8-5-4-6-9-18/h4-6,8-9,12-14H,7,10-11,15,25H2,1-3H3,(H,26,29,31). The first kappa shape index (κ1) is 23.0. The van der Waals surface area contributed by atoms with Crippen molar-refractivity contribution in [3.63, 3.8) is 0 Å². The van der Waals surface area contributed by atoms with Crippen molar-refractivity contribution in [1.29, 1.82) is 0 Å². The fourth-order valence-electron chi connectivity index (χ4n) is 3.70. The molecule has 32 heavy (non-hydrogen) atoms. The quantitative estimate of drug-likeness (QED) is 0.527. The lowest BCUT2D eigenvalue weighted by Crippen LogP contribution is -2.42. The van der Waals surface area contributed by atoms with Gasteiger partial charge >= 0.3 is 5.69 Å². The number of nitrogens with two attached hydrogens (primary N) is 1. The number of ether oxygens (including phenoxy) is 1. The molecule has 8 heteroatoms. The first-order valence-corrected chi connectivity index (χ1v) is 10.4. The van der Waals surface area contributed by atoms with Crippen LogP contribution in [-0.2, 0) is 11.3 Å². The van der Waals surface area contributed by atoms with E-state index in [1.54, 1.807) is 19.2 Å². The van der Waals surface area contributed by atoms with Crippen LogP contribution in [0.5, 0.6) is 0 Å². The molecule has 0 atom stereocenters. The van der Waals surface area contributed by atoms with E-state index in [-0.39, 0.29) is 30.5 Å². The minimum absolute atomic E-state index is 0.0409. The number of aromatic nitrogens is 2. The zero-order valence-electron chi connectivity index (χ0n) is 18.6. The molecule has 3 aromatic rings. The third-order valence-corrected chi connectivity index (χ3v) is 5.11. The van der Waals surface area contributed by atoms with Gasteiger partial charge in [0.2, 0.25) is 0 Å². The zero-order chi connectivity index (χ0) is 23.3. The number of H-pyrrole nitrogens is 1. The number of amides is 1. The maximum atomic E-state index is 13.5. The van der Waals surface area contributed by atoms with Crippen molar-refractivity contribution in [2.45, 2.75) is 26.8 Å². The summed E-state index contributed by atoms with van der Waals surface area (Å²) < 4.78 is 6.39. The van der Waals surface area contributed by atoms with Gasteiger partial charge in [0.1, 0.15) is 5.82 Å². The lowest BCUT2D eigenvalue weighted by atomic mass is 10.1. The van der Waals surface area contributed by atoms with Gasteiger partial charge in [0, 0.05) is 25.8 Å². The third-order valence-electron chi connectivity index (χ3n) is 5.11. The van der Waals surface area contributed by atoms with Crippen molar-refractivity contribution in [2.24, 2.45) is 0 Å². The highest BCUT2D eigenvalue weighted by atomic mass is 16.5. The summed E-state index contributed by atoms with van der Waals surface area (Å²) in [6, 6.07) is 14.8. The average molecular weight is 437 g/mol. The van der Waals surface area contributed by atoms with Crippen molar-refractivity contribution >= 4 is 17.4 Å². The van der Waals surface area contributed by atoms with E-state index in [1.807, 2.05) is 50.2 Å². The average Bonchev–Trinajstić information content (AvgIpc) is 2.75. The Kier molecular flexibility index (Phi) is 7.27. The van der Waals surface area contributed by atoms with Crippen LogP contribution in [0.15, 0.2) is 58.1 Å². The van der Waals surface area contributed by atoms with Gasteiger partial charge in [-0.25, -0.2) is 4.79 Å². The fraction of sp³-hybridized carbons (Fsp3) is 0.292. The molecule has 0 aliphatic rings. The highest BCUT2D eigenvalue weighted by Crippen LogP contribution is 2.22. The van der Waals surface area contributed by atoms with E-state index in [1.165, 1.54) is 9.47 Å². The van der Waals surface area contributed by atoms with Crippen molar-refractivity contribution in [2.75, 3.05) is 30.9 Å². The van der Waals surface area contributed by atoms with Crippen molar-refractivity contribution in [3.05, 3.63) is 91.6 Å². The SMILES string of the molecule is COCCCN(C(=O)c1cc(C)cc(C)c1)c1c(N)n(Cc2ccccc2)c(=O)[nH]c1=O. The van der Waals surface area contributed by atoms with Gasteiger partial charge in [0.15, 0.2) is 5.69 Å². The molecule has 3 rings (SSSR count). The Morgan fingerprint density at radius 1 is 1.09 bits per heavy atom. The molecule has 1 amide bonds. The Morgan fingerprint density at radius 3 is 2.38 bits per heavy atom. The summed E-state index contributed by atoms with van der Waals surface area (Å²) in [5.41, 5.74) is 8.11. The van der Waals surface area contributed by atoms with Crippen molar-refractivity contribution < 1.29 is 9.53 Å². The van der Waals surface area contributed by atoms with Gasteiger partial charge in [0.25, 0.3) is 11.5 Å². The molecule has 0 unspecified atom stereocenters. The summed E-state index contributed by atoms with van der Waals surface area (Å²) in [6.07, 6.45) is 0.490. The van der Waals surface area contributed by atoms with Gasteiger partial charge in [-0.3, -0.25) is 19.1 Å². The Labute approximate surface area is 186 Å². The summed E-state index contributed by atoms with van der Waals surface area (Å²) in [5, 5.41) is 0. The molecular formula is C24H28N4O4. The van der Waals surface area contributed by atoms with E-state index in [2.05, 4.69) is 4.98 Å². The number of rotatable bonds is 8. The first-order chi connectivity index (χ1) is 15.3. The third kappa shape index (κ3) is 5.15. The van der Waals surface area contributed by atoms with Gasteiger partial charge in [-0.1, -0.05) is 47.5 Å². The number of carbonyl (C=O) groups is 1. The van der Waals surface area contributed by atoms with E-state index in [9.17, 15) is 14.4 Å². The maximum Gasteiger partial charge on any atom is 0.330 e. The van der Waals surface area contributed by atoms with Crippen LogP contribution < -0.4 is 21.9 Å². The number of hydrogen-bond donors (Lipinski definition) is 2. The molecule has 0 radical (unpaired) electrons. The zero-order valence-corrected chi connectivity index (χ0v) is 18.6. The predicted octanol–water partition coefficient (Wildman–Crippen LogP) is 2.47. The Balaban J connectivity index is 2.11. The first-order valence-electron chi connectivity index (χ1n) is 10.4. The van der Waals surface area contributed by atoms with Crippen LogP contribution in [0, 0.1) is 13.8 Å². The highest BCUT2D eigenvalue weighted by Gasteiger charge is 2.25. The predicted molar refractivity (Wildman–Crippen MR) is 125 cm³/mol. The van der Waals surface area contributed by atoms with E-state index in [0.717, 1.165) is 16.7 Å². The molecule has 0 aliphatic carbocycles. The molecule has 8 nitrogen and oxygen atoms in total. The molecule has 0 spiro atoms. The summed E-state index contributed by atoms with van der Waals surface area (Å²) >= 11 is 0. The molecule has 1 heterocycles. The summed E-state index contributed by atoms with van der Waals surface area (Å²) in [6.45, 7) is 4.58. The van der Waals surface area contributed by atoms with Crippen LogP contribution in [-0.4, -0.2) is 35.7 Å². The molecule has 0 bridgehead atoms. The molecule has 0 saturated carbocycles. The highest BCUT2D eigenvalue weighted by molar-refractivity contribution is 6.07. The number of nitrogens with zero attached hydrogens (tertiary/aromatic N) is 2. The van der Waals surface area contributed by atoms with Gasteiger partial charge in [-0.05, 0) is 38.0 Å². The lowest BCUT2D eigenvalue weighted by molar-refractivity contribution is 0.0983. The second-order valence-electron chi connectivity index (χ2n) is 7.74. The number of nitrogens with one attached hydrogen (secondary N) is 1. The Bertz CT molecular complexity index is 1190. The number of benzene rings is 2. The molecule has 0 fully saturated rings. The van der Waals surface area contributed by atoms with Crippen LogP contribution in [0.1, 0.15) is 33.5 Å². The number of methoxy groups -OCH3 is 1. The van der Waals surface area contributed by atoms with Crippen molar-refractivity contribution in [1.82, 2.24) is 9.55 Å². The minimum atomic E-state index is -0.702. The van der Waals surface area contributed by atoms with E-state index < -0.39 is 11.2 Å². The van der Waals surface area contributed by atoms with Crippen molar-refractivity contribution in [3.8, 4) is 0 Å². The summed E-state index contributed by atoms with van der Waals surface area (Å²) in [7, 11) is 1.57. The summed E-state index contributed by atoms with van der Waals surface area (Å²) in [4.78, 5) is 42.5. The topological polar surface area (TPSA) is 110 Å². The number of nitrogen functional groups attached to an aromatic ring is 1. The number of aromatic amines is 1. The van der Waals surface area contributed by atoms with Gasteiger partial charge in [0.05, 0.1) is 6.54 Å². The smallest absolute Gasteiger partial charge is 0.330 e. The second-order valence-corrected chi connectivity index (χ2v) is 7.74. The molecule has 1 aromatic heterocycles. The number of anilines is 2. The maximum absolute atomic E-state index is 13.5. The fourth-order valence-corrected chi connectivity index (χ4v) is 3.70. The van der Waals surface area contributed by atoms with Crippen LogP contribution in [0.25, 0.3) is 0 Å². The van der Waals surface area contributed by atoms with Crippen LogP contribution in [0.3, 0.4) is 0 Å². The Hall–Kier alpha value is -3.65. The van der Waals surface area contributed by atoms with Gasteiger partial charge < -0.3 is 15.4 Å². The number of aryl methyl sites for hydroxylation is 2. The molecule has 3 N–H and O–H groups in total. The van der Waals surface area contributed by atoms with E-state index in [0.29, 0.717) is 18.6 Å². The monoisotopic (exact) mass is 436 g/mol. The largest absolute Gasteiger partial charge is 0.385 e. The number of hydrogen-bond acceptors (Lipinski definition) is 5. The van der Waals surface area contributed by atoms with Crippen LogP contribution in [0.4, 0.5) is 11.5 Å². The molecular weight excluding hydrogens is 408 g/mol. The van der Waals surface area contributed by atoms with Gasteiger partial charge in [-0.2, -0.15) is 0 Å². The van der Waals surface area contributed by atoms with Gasteiger partial charge in [-0.15, -0.1) is 0 Å². The summed E-state index contributed by atoms with van der Waals surface area (Å²) in [5.74, 6) is -0.423. The normalized spacial score (nSPS) is 10.8. The molecule has 2 aromatic carbocycles. The Morgan fingerprint density at radius 2 is 1.75 bits per heavy atom. The van der Waals surface area contributed by atoms with E-state index in [4.69, 9.17) is 10.5 Å². The number of carbonyl (C=O) groups excluding carboxylic acids is 1. The molecule has 168 valence electrons. The van der Waals surface area contributed by atoms with Crippen LogP contribution in [0.2, 0.25) is 0 Å². The minimum Gasteiger partial charge on any atom is -0.385 e. The lowest BCUT2D eigenvalue weighted by Gasteiger charge is -2.25. The van der Waals surface area contributed by atoms with Crippen LogP contribution >= 0.6 is 0 Å².